The van der Waals surface area contributed by atoms with Gasteiger partial charge in [0.05, 0.1) is 11.4 Å². The molecule has 0 atom stereocenters. The fourth-order valence-electron chi connectivity index (χ4n) is 2.86. The van der Waals surface area contributed by atoms with Crippen LogP contribution >= 0.6 is 0 Å². The lowest BCUT2D eigenvalue weighted by Gasteiger charge is -2.27. The Labute approximate surface area is 129 Å². The normalized spacial score (nSPS) is 16.2. The molecule has 0 aliphatic carbocycles. The maximum Gasteiger partial charge on any atom is 0.231 e. The zero-order valence-electron chi connectivity index (χ0n) is 12.3. The Morgan fingerprint density at radius 2 is 1.68 bits per heavy atom. The predicted molar refractivity (Wildman–Crippen MR) is 86.3 cm³/mol. The van der Waals surface area contributed by atoms with Crippen molar-refractivity contribution < 1.29 is 10.6 Å². The third kappa shape index (κ3) is 2.11. The maximum absolute atomic E-state index is 10.5. The van der Waals surface area contributed by atoms with E-state index >= 15 is 0 Å². The minimum Gasteiger partial charge on any atom is -0.492 e. The van der Waals surface area contributed by atoms with Gasteiger partial charge in [-0.25, -0.2) is 10.0 Å². The summed E-state index contributed by atoms with van der Waals surface area (Å²) in [6.45, 7) is 2.04. The van der Waals surface area contributed by atoms with Crippen LogP contribution in [-0.2, 0) is 6.42 Å². The molecule has 0 saturated heterocycles. The van der Waals surface area contributed by atoms with Crippen molar-refractivity contribution in [2.45, 2.75) is 19.8 Å². The molecule has 2 aliphatic rings. The van der Waals surface area contributed by atoms with E-state index in [1.165, 1.54) is 11.1 Å². The van der Waals surface area contributed by atoms with Crippen molar-refractivity contribution >= 4 is 11.4 Å². The third-order valence-corrected chi connectivity index (χ3v) is 4.02. The highest BCUT2D eigenvalue weighted by Crippen LogP contribution is 2.38. The van der Waals surface area contributed by atoms with Crippen LogP contribution in [0.4, 0.5) is 11.4 Å². The molecule has 2 aromatic carbocycles. The van der Waals surface area contributed by atoms with Crippen molar-refractivity contribution in [2.24, 2.45) is 0 Å². The summed E-state index contributed by atoms with van der Waals surface area (Å²) in [5, 5.41) is 14.0. The van der Waals surface area contributed by atoms with Crippen LogP contribution in [0.2, 0.25) is 0 Å². The van der Waals surface area contributed by atoms with Crippen molar-refractivity contribution in [3.05, 3.63) is 71.2 Å². The van der Waals surface area contributed by atoms with Gasteiger partial charge in [-0.1, -0.05) is 35.9 Å². The van der Waals surface area contributed by atoms with Gasteiger partial charge in [-0.2, -0.15) is 0 Å². The molecule has 0 fully saturated rings. The van der Waals surface area contributed by atoms with Crippen LogP contribution in [0.15, 0.2) is 60.1 Å². The first kappa shape index (κ1) is 14.4. The lowest BCUT2D eigenvalue weighted by Crippen LogP contribution is -2.36. The minimum atomic E-state index is 0. The quantitative estimate of drug-likeness (QED) is 0.879. The summed E-state index contributed by atoms with van der Waals surface area (Å²) >= 11 is 0. The predicted octanol–water partition coefficient (Wildman–Crippen LogP) is 2.60. The summed E-state index contributed by atoms with van der Waals surface area (Å²) in [6.07, 6.45) is 1.73. The number of aryl methyl sites for hydroxylation is 2. The van der Waals surface area contributed by atoms with Crippen LogP contribution in [0.5, 0.6) is 0 Å². The first-order valence-electron chi connectivity index (χ1n) is 7.12. The molecule has 22 heavy (non-hydrogen) atoms. The number of para-hydroxylation sites is 1. The lowest BCUT2D eigenvalue weighted by atomic mass is 10.0. The first-order chi connectivity index (χ1) is 10.2. The fourth-order valence-corrected chi connectivity index (χ4v) is 2.86. The van der Waals surface area contributed by atoms with Crippen molar-refractivity contribution in [2.75, 3.05) is 10.0 Å². The van der Waals surface area contributed by atoms with Gasteiger partial charge in [0.15, 0.2) is 0 Å². The second-order valence-corrected chi connectivity index (χ2v) is 5.45. The van der Waals surface area contributed by atoms with Crippen LogP contribution in [0.1, 0.15) is 17.5 Å². The van der Waals surface area contributed by atoms with E-state index in [1.54, 1.807) is 5.01 Å². The van der Waals surface area contributed by atoms with Gasteiger partial charge >= 0.3 is 0 Å². The Kier molecular flexibility index (Phi) is 3.52. The van der Waals surface area contributed by atoms with Crippen LogP contribution < -0.4 is 15.6 Å². The van der Waals surface area contributed by atoms with E-state index in [4.69, 9.17) is 0 Å². The van der Waals surface area contributed by atoms with E-state index in [0.29, 0.717) is 0 Å². The molecule has 0 bridgehead atoms. The second kappa shape index (κ2) is 5.36. The Balaban J connectivity index is 0.00000144. The fraction of sp³-hybridized carbons (Fsp3) is 0.176. The van der Waals surface area contributed by atoms with Gasteiger partial charge in [0.1, 0.15) is 5.70 Å². The maximum atomic E-state index is 10.5. The topological polar surface area (TPSA) is 72.3 Å². The number of rotatable bonds is 1. The SMILES string of the molecule is Cc1ccc(N2[N]N3C(=C2O)CCc2ccccc23)cc1.O. The average Bonchev–Trinajstić information content (AvgIpc) is 2.86. The summed E-state index contributed by atoms with van der Waals surface area (Å²) in [5.41, 5.74) is 9.83. The molecule has 4 rings (SSSR count). The van der Waals surface area contributed by atoms with Crippen molar-refractivity contribution in [3.8, 4) is 0 Å². The summed E-state index contributed by atoms with van der Waals surface area (Å²) in [5.74, 6) is 0.230. The Hall–Kier alpha value is -2.50. The zero-order valence-corrected chi connectivity index (χ0v) is 12.3. The molecule has 2 aromatic rings. The van der Waals surface area contributed by atoms with Gasteiger partial charge in [-0.15, -0.1) is 0 Å². The number of aliphatic hydroxyl groups is 1. The molecular formula is C17H18N3O2. The molecular weight excluding hydrogens is 278 g/mol. The summed E-state index contributed by atoms with van der Waals surface area (Å²) in [7, 11) is 0. The second-order valence-electron chi connectivity index (χ2n) is 5.45. The molecule has 5 nitrogen and oxygen atoms in total. The highest BCUT2D eigenvalue weighted by atomic mass is 16.3. The number of allylic oxidation sites excluding steroid dienone is 1. The van der Waals surface area contributed by atoms with Crippen molar-refractivity contribution in [1.82, 2.24) is 5.53 Å². The molecule has 2 heterocycles. The Bertz CT molecular complexity index is 725. The van der Waals surface area contributed by atoms with Crippen LogP contribution in [0.25, 0.3) is 0 Å². The van der Waals surface area contributed by atoms with Gasteiger partial charge in [0.2, 0.25) is 5.88 Å². The Morgan fingerprint density at radius 1 is 0.955 bits per heavy atom. The van der Waals surface area contributed by atoms with Crippen molar-refractivity contribution in [1.29, 1.82) is 0 Å². The van der Waals surface area contributed by atoms with Crippen LogP contribution in [-0.4, -0.2) is 10.6 Å². The minimum absolute atomic E-state index is 0. The number of nitrogens with zero attached hydrogens (tertiary/aromatic N) is 3. The Morgan fingerprint density at radius 3 is 2.45 bits per heavy atom. The van der Waals surface area contributed by atoms with Crippen LogP contribution in [0, 0.1) is 6.92 Å². The molecule has 0 saturated carbocycles. The van der Waals surface area contributed by atoms with Gasteiger partial charge in [0, 0.05) is 0 Å². The monoisotopic (exact) mass is 296 g/mol. The highest BCUT2D eigenvalue weighted by Gasteiger charge is 2.36. The van der Waals surface area contributed by atoms with Crippen LogP contribution in [0.3, 0.4) is 0 Å². The average molecular weight is 296 g/mol. The summed E-state index contributed by atoms with van der Waals surface area (Å²) < 4.78 is 0. The standard InChI is InChI=1S/C17H16N3O.H2O/c1-12-6-9-14(10-7-12)19-17(21)16-11-8-13-4-2-3-5-15(13)20(16)18-19;/h2-7,9-10,21H,8,11H2,1H3;1H2. The molecule has 0 aromatic heterocycles. The van der Waals surface area contributed by atoms with E-state index in [2.05, 4.69) is 11.6 Å². The smallest absolute Gasteiger partial charge is 0.231 e. The van der Waals surface area contributed by atoms with Gasteiger partial charge in [-0.05, 0) is 49.1 Å². The van der Waals surface area contributed by atoms with Gasteiger partial charge in [0.25, 0.3) is 0 Å². The third-order valence-electron chi connectivity index (χ3n) is 4.02. The number of anilines is 2. The van der Waals surface area contributed by atoms with E-state index in [0.717, 1.165) is 29.9 Å². The largest absolute Gasteiger partial charge is 0.492 e. The summed E-state index contributed by atoms with van der Waals surface area (Å²) in [6, 6.07) is 16.2. The number of hydrogen-bond acceptors (Lipinski definition) is 3. The van der Waals surface area contributed by atoms with Gasteiger partial charge in [-0.3, -0.25) is 0 Å². The van der Waals surface area contributed by atoms with E-state index in [9.17, 15) is 5.11 Å². The first-order valence-corrected chi connectivity index (χ1v) is 7.12. The molecule has 0 spiro atoms. The van der Waals surface area contributed by atoms with E-state index < -0.39 is 0 Å². The molecule has 3 N–H and O–H groups in total. The number of hydrogen-bond donors (Lipinski definition) is 1. The molecule has 5 heteroatoms. The molecule has 2 aliphatic heterocycles. The molecule has 113 valence electrons. The summed E-state index contributed by atoms with van der Waals surface area (Å²) in [4.78, 5) is 0. The molecule has 0 amide bonds. The van der Waals surface area contributed by atoms with Crippen molar-refractivity contribution in [3.63, 3.8) is 0 Å². The number of benzene rings is 2. The number of aliphatic hydroxyl groups excluding tert-OH is 1. The zero-order chi connectivity index (χ0) is 14.4. The van der Waals surface area contributed by atoms with E-state index in [-0.39, 0.29) is 11.4 Å². The number of fused-ring (bicyclic) bond motifs is 3. The van der Waals surface area contributed by atoms with Gasteiger partial charge < -0.3 is 10.6 Å². The molecule has 0 unspecified atom stereocenters. The lowest BCUT2D eigenvalue weighted by molar-refractivity contribution is 0.385. The highest BCUT2D eigenvalue weighted by molar-refractivity contribution is 5.65. The molecule has 1 radical (unpaired) electrons. The van der Waals surface area contributed by atoms with E-state index in [1.807, 2.05) is 54.4 Å².